The normalized spacial score (nSPS) is 17.0. The molecule has 182 valence electrons. The summed E-state index contributed by atoms with van der Waals surface area (Å²) in [6, 6.07) is 9.11. The number of aliphatic hydroxyl groups excluding tert-OH is 1. The van der Waals surface area contributed by atoms with Gasteiger partial charge < -0.3 is 24.7 Å². The molecule has 0 saturated carbocycles. The fourth-order valence-electron chi connectivity index (χ4n) is 4.76. The van der Waals surface area contributed by atoms with Gasteiger partial charge in [0.05, 0.1) is 30.8 Å². The number of aromatic nitrogens is 6. The van der Waals surface area contributed by atoms with Gasteiger partial charge in [-0.05, 0) is 54.8 Å². The first-order valence-electron chi connectivity index (χ1n) is 11.9. The van der Waals surface area contributed by atoms with Crippen LogP contribution in [0.25, 0.3) is 22.2 Å². The Kier molecular flexibility index (Phi) is 5.57. The highest BCUT2D eigenvalue weighted by Gasteiger charge is 2.23. The van der Waals surface area contributed by atoms with Gasteiger partial charge in [-0.15, -0.1) is 10.2 Å². The van der Waals surface area contributed by atoms with Gasteiger partial charge in [-0.3, -0.25) is 4.79 Å². The molecule has 0 spiro atoms. The van der Waals surface area contributed by atoms with E-state index in [0.717, 1.165) is 47.7 Å². The summed E-state index contributed by atoms with van der Waals surface area (Å²) < 4.78 is 7.47. The maximum atomic E-state index is 12.8. The Morgan fingerprint density at radius 3 is 3.11 bits per heavy atom. The second-order valence-electron chi connectivity index (χ2n) is 8.86. The fourth-order valence-corrected chi connectivity index (χ4v) is 4.76. The molecule has 0 bridgehead atoms. The zero-order valence-corrected chi connectivity index (χ0v) is 19.7. The van der Waals surface area contributed by atoms with Crippen molar-refractivity contribution in [2.75, 3.05) is 7.11 Å². The molecule has 1 aliphatic carbocycles. The maximum Gasteiger partial charge on any atom is 0.251 e. The average Bonchev–Trinajstić information content (AvgIpc) is 3.63. The molecule has 1 aromatic carbocycles. The Morgan fingerprint density at radius 2 is 2.22 bits per heavy atom. The van der Waals surface area contributed by atoms with E-state index < -0.39 is 6.10 Å². The number of pyridine rings is 1. The number of imidazole rings is 1. The number of H-pyrrole nitrogens is 1. The van der Waals surface area contributed by atoms with E-state index in [-0.39, 0.29) is 5.91 Å². The number of fused-ring (bicyclic) bond motifs is 2. The number of methoxy groups -OCH3 is 1. The SMILES string of the molecule is COc1ncccc1C1=CCC(O)C(c2nc3cc(C(=O)NCc4nnc5n4CCC5)ccc3[nH]2)=C1. The smallest absolute Gasteiger partial charge is 0.251 e. The van der Waals surface area contributed by atoms with Crippen molar-refractivity contribution in [2.45, 2.75) is 38.5 Å². The number of ether oxygens (including phenoxy) is 1. The van der Waals surface area contributed by atoms with E-state index in [1.165, 1.54) is 0 Å². The van der Waals surface area contributed by atoms with Gasteiger partial charge in [0.1, 0.15) is 11.6 Å². The molecule has 1 amide bonds. The number of rotatable bonds is 6. The second-order valence-corrected chi connectivity index (χ2v) is 8.86. The summed E-state index contributed by atoms with van der Waals surface area (Å²) in [4.78, 5) is 25.1. The van der Waals surface area contributed by atoms with Crippen LogP contribution >= 0.6 is 0 Å². The number of nitrogens with one attached hydrogen (secondary N) is 2. The summed E-state index contributed by atoms with van der Waals surface area (Å²) in [5.74, 6) is 2.62. The Morgan fingerprint density at radius 1 is 1.31 bits per heavy atom. The van der Waals surface area contributed by atoms with Gasteiger partial charge in [-0.1, -0.05) is 6.08 Å². The van der Waals surface area contributed by atoms with Gasteiger partial charge >= 0.3 is 0 Å². The highest BCUT2D eigenvalue weighted by atomic mass is 16.5. The molecule has 2 aliphatic rings. The number of allylic oxidation sites excluding steroid dienone is 2. The zero-order chi connectivity index (χ0) is 24.6. The average molecular weight is 484 g/mol. The number of benzene rings is 1. The molecule has 4 aromatic rings. The van der Waals surface area contributed by atoms with Gasteiger partial charge in [0.15, 0.2) is 5.82 Å². The predicted octanol–water partition coefficient (Wildman–Crippen LogP) is 2.67. The van der Waals surface area contributed by atoms with Crippen molar-refractivity contribution in [1.29, 1.82) is 0 Å². The summed E-state index contributed by atoms with van der Waals surface area (Å²) in [6.45, 7) is 1.21. The minimum atomic E-state index is -0.704. The third kappa shape index (κ3) is 3.95. The number of hydrogen-bond donors (Lipinski definition) is 3. The van der Waals surface area contributed by atoms with Crippen molar-refractivity contribution >= 4 is 28.1 Å². The molecule has 3 aromatic heterocycles. The van der Waals surface area contributed by atoms with Crippen molar-refractivity contribution in [3.8, 4) is 5.88 Å². The van der Waals surface area contributed by atoms with Gasteiger partial charge in [-0.25, -0.2) is 9.97 Å². The molecule has 1 atom stereocenters. The molecule has 6 rings (SSSR count). The molecule has 0 saturated heterocycles. The Labute approximate surface area is 206 Å². The Bertz CT molecular complexity index is 1530. The van der Waals surface area contributed by atoms with Gasteiger partial charge in [-0.2, -0.15) is 0 Å². The van der Waals surface area contributed by atoms with Crippen molar-refractivity contribution in [2.24, 2.45) is 0 Å². The van der Waals surface area contributed by atoms with E-state index in [2.05, 4.69) is 30.0 Å². The van der Waals surface area contributed by atoms with Crippen LogP contribution < -0.4 is 10.1 Å². The van der Waals surface area contributed by atoms with Crippen molar-refractivity contribution in [3.63, 3.8) is 0 Å². The first-order chi connectivity index (χ1) is 17.6. The predicted molar refractivity (Wildman–Crippen MR) is 133 cm³/mol. The van der Waals surface area contributed by atoms with E-state index in [1.807, 2.05) is 30.4 Å². The lowest BCUT2D eigenvalue weighted by Crippen LogP contribution is -2.24. The summed E-state index contributed by atoms with van der Waals surface area (Å²) in [6.07, 6.45) is 7.26. The lowest BCUT2D eigenvalue weighted by atomic mass is 9.92. The maximum absolute atomic E-state index is 12.8. The monoisotopic (exact) mass is 483 g/mol. The largest absolute Gasteiger partial charge is 0.481 e. The lowest BCUT2D eigenvalue weighted by molar-refractivity contribution is 0.0949. The van der Waals surface area contributed by atoms with Gasteiger partial charge in [0.2, 0.25) is 5.88 Å². The van der Waals surface area contributed by atoms with E-state index in [4.69, 9.17) is 9.72 Å². The Hall–Kier alpha value is -4.31. The fraction of sp³-hybridized carbons (Fsp3) is 0.269. The molecule has 4 heterocycles. The van der Waals surface area contributed by atoms with Crippen LogP contribution in [0.2, 0.25) is 0 Å². The topological polar surface area (TPSA) is 131 Å². The summed E-state index contributed by atoms with van der Waals surface area (Å²) in [7, 11) is 1.58. The first-order valence-corrected chi connectivity index (χ1v) is 11.9. The number of carbonyl (C=O) groups excluding carboxylic acids is 1. The van der Waals surface area contributed by atoms with Crippen LogP contribution in [-0.4, -0.2) is 53.9 Å². The Balaban J connectivity index is 1.24. The van der Waals surface area contributed by atoms with Crippen LogP contribution in [0.4, 0.5) is 0 Å². The molecule has 1 aliphatic heterocycles. The standard InChI is InChI=1S/C26H25N7O3/c1-36-26-17(4-2-10-27-26)15-7-9-21(34)18(12-15)24-29-19-8-6-16(13-20(19)30-24)25(35)28-14-23-32-31-22-5-3-11-33(22)23/h2,4,6-8,10,12-13,21,34H,3,5,9,11,14H2,1H3,(H,28,35)(H,29,30). The molecule has 0 fully saturated rings. The number of carbonyl (C=O) groups is 1. The van der Waals surface area contributed by atoms with E-state index in [1.54, 1.807) is 25.4 Å². The van der Waals surface area contributed by atoms with Crippen molar-refractivity contribution in [1.82, 2.24) is 35.0 Å². The molecule has 1 unspecified atom stereocenters. The molecule has 3 N–H and O–H groups in total. The van der Waals surface area contributed by atoms with Crippen LogP contribution in [0.3, 0.4) is 0 Å². The third-order valence-corrected chi connectivity index (χ3v) is 6.62. The molecular weight excluding hydrogens is 458 g/mol. The summed E-state index contributed by atoms with van der Waals surface area (Å²) in [5.41, 5.74) is 4.34. The highest BCUT2D eigenvalue weighted by Crippen LogP contribution is 2.34. The van der Waals surface area contributed by atoms with Crippen LogP contribution in [0, 0.1) is 0 Å². The van der Waals surface area contributed by atoms with E-state index >= 15 is 0 Å². The van der Waals surface area contributed by atoms with Crippen molar-refractivity contribution in [3.05, 3.63) is 77.3 Å². The quantitative estimate of drug-likeness (QED) is 0.384. The molecule has 10 heteroatoms. The minimum absolute atomic E-state index is 0.206. The number of aromatic amines is 1. The van der Waals surface area contributed by atoms with E-state index in [9.17, 15) is 9.90 Å². The summed E-state index contributed by atoms with van der Waals surface area (Å²) >= 11 is 0. The molecular formula is C26H25N7O3. The lowest BCUT2D eigenvalue weighted by Gasteiger charge is -2.19. The summed E-state index contributed by atoms with van der Waals surface area (Å²) in [5, 5.41) is 22.0. The van der Waals surface area contributed by atoms with Crippen LogP contribution in [0.5, 0.6) is 5.88 Å². The molecule has 0 radical (unpaired) electrons. The van der Waals surface area contributed by atoms with Crippen LogP contribution in [0.1, 0.15) is 46.2 Å². The zero-order valence-electron chi connectivity index (χ0n) is 19.7. The molecule has 36 heavy (non-hydrogen) atoms. The molecule has 10 nitrogen and oxygen atoms in total. The second kappa shape index (κ2) is 9.04. The number of aryl methyl sites for hydroxylation is 1. The van der Waals surface area contributed by atoms with Crippen molar-refractivity contribution < 1.29 is 14.6 Å². The van der Waals surface area contributed by atoms with E-state index in [0.29, 0.717) is 41.3 Å². The third-order valence-electron chi connectivity index (χ3n) is 6.62. The number of aliphatic hydroxyl groups is 1. The van der Waals surface area contributed by atoms with Crippen LogP contribution in [-0.2, 0) is 19.5 Å². The number of nitrogens with zero attached hydrogens (tertiary/aromatic N) is 5. The highest BCUT2D eigenvalue weighted by molar-refractivity contribution is 5.98. The van der Waals surface area contributed by atoms with Gasteiger partial charge in [0, 0.05) is 35.9 Å². The first kappa shape index (κ1) is 22.2. The van der Waals surface area contributed by atoms with Crippen LogP contribution in [0.15, 0.2) is 48.7 Å². The van der Waals surface area contributed by atoms with Gasteiger partial charge in [0.25, 0.3) is 5.91 Å². The number of amides is 1. The minimum Gasteiger partial charge on any atom is -0.481 e. The number of hydrogen-bond acceptors (Lipinski definition) is 7.